The molecule has 1 aliphatic rings. The molecule has 0 radical (unpaired) electrons. The molecule has 0 saturated carbocycles. The van der Waals surface area contributed by atoms with Crippen molar-refractivity contribution in [2.24, 2.45) is 0 Å². The molecule has 2 heterocycles. The number of carbonyl (C=O) groups is 1. The summed E-state index contributed by atoms with van der Waals surface area (Å²) in [5, 5.41) is 4.12. The van der Waals surface area contributed by atoms with E-state index in [4.69, 9.17) is 16.1 Å². The summed E-state index contributed by atoms with van der Waals surface area (Å²) < 4.78 is 31.0. The molecule has 3 rings (SSSR count). The first-order valence-electron chi connectivity index (χ1n) is 8.84. The van der Waals surface area contributed by atoms with E-state index >= 15 is 0 Å². The minimum absolute atomic E-state index is 0.0459. The Balaban J connectivity index is 1.69. The Morgan fingerprint density at radius 1 is 1.21 bits per heavy atom. The first kappa shape index (κ1) is 20.8. The van der Waals surface area contributed by atoms with Gasteiger partial charge in [0.1, 0.15) is 0 Å². The number of aromatic nitrogens is 1. The first-order chi connectivity index (χ1) is 13.2. The smallest absolute Gasteiger partial charge is 0.255 e. The van der Waals surface area contributed by atoms with Gasteiger partial charge in [0.2, 0.25) is 10.0 Å². The lowest BCUT2D eigenvalue weighted by Gasteiger charge is -2.34. The molecule has 1 aromatic heterocycles. The Morgan fingerprint density at radius 2 is 1.89 bits per heavy atom. The van der Waals surface area contributed by atoms with Gasteiger partial charge in [0.25, 0.3) is 5.91 Å². The van der Waals surface area contributed by atoms with Crippen molar-refractivity contribution in [1.82, 2.24) is 19.3 Å². The lowest BCUT2D eigenvalue weighted by atomic mass is 10.1. The van der Waals surface area contributed by atoms with Crippen molar-refractivity contribution in [1.29, 1.82) is 0 Å². The fraction of sp³-hybridized carbons (Fsp3) is 0.444. The van der Waals surface area contributed by atoms with Crippen molar-refractivity contribution in [2.75, 3.05) is 40.3 Å². The Morgan fingerprint density at radius 3 is 2.46 bits per heavy atom. The minimum atomic E-state index is -3.64. The van der Waals surface area contributed by atoms with E-state index in [0.29, 0.717) is 32.7 Å². The fourth-order valence-corrected chi connectivity index (χ4v) is 4.16. The third kappa shape index (κ3) is 4.38. The highest BCUT2D eigenvalue weighted by molar-refractivity contribution is 7.89. The Kier molecular flexibility index (Phi) is 6.09. The molecular weight excluding hydrogens is 404 g/mol. The number of aryl methyl sites for hydroxylation is 1. The topological polar surface area (TPSA) is 87.0 Å². The summed E-state index contributed by atoms with van der Waals surface area (Å²) in [5.74, 6) is 0.526. The second-order valence-electron chi connectivity index (χ2n) is 6.93. The summed E-state index contributed by atoms with van der Waals surface area (Å²) in [5.41, 5.74) is 1.04. The highest BCUT2D eigenvalue weighted by atomic mass is 35.5. The number of amides is 1. The van der Waals surface area contributed by atoms with Crippen LogP contribution in [0.25, 0.3) is 0 Å². The fourth-order valence-electron chi connectivity index (χ4n) is 3.03. The molecule has 0 N–H and O–H groups in total. The number of nitrogens with zero attached hydrogens (tertiary/aromatic N) is 4. The number of hydrogen-bond donors (Lipinski definition) is 0. The van der Waals surface area contributed by atoms with E-state index in [0.717, 1.165) is 15.8 Å². The minimum Gasteiger partial charge on any atom is -0.360 e. The lowest BCUT2D eigenvalue weighted by Crippen LogP contribution is -2.48. The molecule has 2 aromatic rings. The van der Waals surface area contributed by atoms with Crippen molar-refractivity contribution < 1.29 is 17.7 Å². The first-order valence-corrected chi connectivity index (χ1v) is 10.7. The Bertz CT molecular complexity index is 966. The van der Waals surface area contributed by atoms with E-state index in [1.807, 2.05) is 13.0 Å². The molecule has 10 heteroatoms. The quantitative estimate of drug-likeness (QED) is 0.725. The maximum absolute atomic E-state index is 12.9. The van der Waals surface area contributed by atoms with Crippen LogP contribution in [0.15, 0.2) is 33.7 Å². The van der Waals surface area contributed by atoms with E-state index in [1.54, 1.807) is 4.90 Å². The molecule has 0 spiro atoms. The second-order valence-corrected chi connectivity index (χ2v) is 9.49. The third-order valence-electron chi connectivity index (χ3n) is 4.66. The summed E-state index contributed by atoms with van der Waals surface area (Å²) in [6, 6.07) is 6.11. The molecule has 1 amide bonds. The number of carbonyl (C=O) groups excluding carboxylic acids is 1. The number of halogens is 1. The van der Waals surface area contributed by atoms with Crippen LogP contribution < -0.4 is 0 Å². The van der Waals surface area contributed by atoms with Gasteiger partial charge in [-0.1, -0.05) is 16.8 Å². The van der Waals surface area contributed by atoms with E-state index in [9.17, 15) is 13.2 Å². The second kappa shape index (κ2) is 8.20. The van der Waals surface area contributed by atoms with Gasteiger partial charge in [-0.25, -0.2) is 12.7 Å². The van der Waals surface area contributed by atoms with Crippen LogP contribution in [-0.4, -0.2) is 73.9 Å². The SMILES string of the molecule is Cc1cc(CN2CCN(C(=O)c3cc(S(=O)(=O)N(C)C)ccc3Cl)CC2)on1. The van der Waals surface area contributed by atoms with Gasteiger partial charge < -0.3 is 9.42 Å². The van der Waals surface area contributed by atoms with Crippen LogP contribution in [0.3, 0.4) is 0 Å². The summed E-state index contributed by atoms with van der Waals surface area (Å²) in [4.78, 5) is 16.8. The number of hydrogen-bond acceptors (Lipinski definition) is 6. The average molecular weight is 427 g/mol. The van der Waals surface area contributed by atoms with Gasteiger partial charge in [0, 0.05) is 46.3 Å². The molecular formula is C18H23ClN4O4S. The molecule has 0 atom stereocenters. The molecule has 1 fully saturated rings. The van der Waals surface area contributed by atoms with E-state index in [2.05, 4.69) is 10.1 Å². The van der Waals surface area contributed by atoms with Gasteiger partial charge in [-0.2, -0.15) is 0 Å². The predicted octanol–water partition coefficient (Wildman–Crippen LogP) is 1.84. The zero-order valence-electron chi connectivity index (χ0n) is 16.1. The van der Waals surface area contributed by atoms with Crippen LogP contribution in [0.1, 0.15) is 21.8 Å². The van der Waals surface area contributed by atoms with E-state index in [1.165, 1.54) is 32.3 Å². The van der Waals surface area contributed by atoms with Crippen LogP contribution in [0.5, 0.6) is 0 Å². The largest absolute Gasteiger partial charge is 0.360 e. The average Bonchev–Trinajstić information content (AvgIpc) is 3.06. The zero-order valence-corrected chi connectivity index (χ0v) is 17.6. The van der Waals surface area contributed by atoms with Gasteiger partial charge in [-0.3, -0.25) is 9.69 Å². The molecule has 0 aliphatic carbocycles. The lowest BCUT2D eigenvalue weighted by molar-refractivity contribution is 0.0617. The normalized spacial score (nSPS) is 16.0. The molecule has 1 aliphatic heterocycles. The van der Waals surface area contributed by atoms with Crippen LogP contribution in [0, 0.1) is 6.92 Å². The van der Waals surface area contributed by atoms with Crippen LogP contribution in [0.2, 0.25) is 5.02 Å². The van der Waals surface area contributed by atoms with Crippen molar-refractivity contribution >= 4 is 27.5 Å². The highest BCUT2D eigenvalue weighted by Gasteiger charge is 2.26. The van der Waals surface area contributed by atoms with Gasteiger partial charge in [0.05, 0.1) is 27.7 Å². The van der Waals surface area contributed by atoms with Gasteiger partial charge in [-0.05, 0) is 25.1 Å². The van der Waals surface area contributed by atoms with E-state index < -0.39 is 10.0 Å². The predicted molar refractivity (Wildman–Crippen MR) is 105 cm³/mol. The van der Waals surface area contributed by atoms with Crippen LogP contribution in [-0.2, 0) is 16.6 Å². The molecule has 1 aromatic carbocycles. The van der Waals surface area contributed by atoms with Crippen LogP contribution in [0.4, 0.5) is 0 Å². The third-order valence-corrected chi connectivity index (χ3v) is 6.80. The maximum Gasteiger partial charge on any atom is 0.255 e. The van der Waals surface area contributed by atoms with Gasteiger partial charge >= 0.3 is 0 Å². The summed E-state index contributed by atoms with van der Waals surface area (Å²) in [7, 11) is -0.752. The molecule has 1 saturated heterocycles. The molecule has 8 nitrogen and oxygen atoms in total. The van der Waals surface area contributed by atoms with Gasteiger partial charge in [-0.15, -0.1) is 0 Å². The summed E-state index contributed by atoms with van der Waals surface area (Å²) in [6.45, 7) is 4.91. The number of piperazine rings is 1. The standard InChI is InChI=1S/C18H23ClN4O4S/c1-13-10-14(27-20-13)12-22-6-8-23(9-7-22)18(24)16-11-15(4-5-17(16)19)28(25,26)21(2)3/h4-5,10-11H,6-9,12H2,1-3H3. The number of benzene rings is 1. The van der Waals surface area contributed by atoms with E-state index in [-0.39, 0.29) is 21.4 Å². The maximum atomic E-state index is 12.9. The monoisotopic (exact) mass is 426 g/mol. The Hall–Kier alpha value is -1.94. The van der Waals surface area contributed by atoms with Crippen LogP contribution >= 0.6 is 11.6 Å². The molecule has 152 valence electrons. The Labute approximate surface area is 169 Å². The van der Waals surface area contributed by atoms with Crippen molar-refractivity contribution in [3.05, 3.63) is 46.3 Å². The van der Waals surface area contributed by atoms with Crippen molar-refractivity contribution in [2.45, 2.75) is 18.4 Å². The van der Waals surface area contributed by atoms with Crippen molar-refractivity contribution in [3.8, 4) is 0 Å². The summed E-state index contributed by atoms with van der Waals surface area (Å²) in [6.07, 6.45) is 0. The number of sulfonamides is 1. The summed E-state index contributed by atoms with van der Waals surface area (Å²) >= 11 is 6.19. The molecule has 28 heavy (non-hydrogen) atoms. The van der Waals surface area contributed by atoms with Crippen molar-refractivity contribution in [3.63, 3.8) is 0 Å². The highest BCUT2D eigenvalue weighted by Crippen LogP contribution is 2.24. The number of rotatable bonds is 5. The van der Waals surface area contributed by atoms with Gasteiger partial charge in [0.15, 0.2) is 5.76 Å². The molecule has 0 bridgehead atoms. The zero-order chi connectivity index (χ0) is 20.5. The molecule has 0 unspecified atom stereocenters.